The minimum atomic E-state index is -0.216. The number of hydrogen-bond donors (Lipinski definition) is 1. The molecule has 1 heterocycles. The van der Waals surface area contributed by atoms with Crippen LogP contribution in [0.1, 0.15) is 36.6 Å². The molecule has 0 atom stereocenters. The van der Waals surface area contributed by atoms with Crippen LogP contribution in [0.2, 0.25) is 0 Å². The zero-order valence-corrected chi connectivity index (χ0v) is 10.6. The first-order chi connectivity index (χ1) is 7.66. The quantitative estimate of drug-likeness (QED) is 0.840. The van der Waals surface area contributed by atoms with Crippen LogP contribution in [-0.2, 0) is 0 Å². The van der Waals surface area contributed by atoms with Gasteiger partial charge in [0.25, 0.3) is 0 Å². The van der Waals surface area contributed by atoms with Crippen molar-refractivity contribution < 1.29 is 4.39 Å². The number of nitrogens with zero attached hydrogens (tertiary/aromatic N) is 1. The number of hydrogen-bond acceptors (Lipinski definition) is 1. The van der Waals surface area contributed by atoms with Crippen molar-refractivity contribution in [2.45, 2.75) is 32.1 Å². The highest BCUT2D eigenvalue weighted by molar-refractivity contribution is 9.10. The number of nitrogens with one attached hydrogen (secondary N) is 1. The van der Waals surface area contributed by atoms with Crippen LogP contribution in [0.25, 0.3) is 11.0 Å². The van der Waals surface area contributed by atoms with E-state index in [1.165, 1.54) is 19.3 Å². The third-order valence-corrected chi connectivity index (χ3v) is 4.23. The molecule has 0 spiro atoms. The average molecular weight is 283 g/mol. The number of halogens is 2. The van der Waals surface area contributed by atoms with Gasteiger partial charge in [-0.3, -0.25) is 0 Å². The van der Waals surface area contributed by atoms with Gasteiger partial charge in [0.1, 0.15) is 11.3 Å². The van der Waals surface area contributed by atoms with Crippen LogP contribution < -0.4 is 0 Å². The fraction of sp³-hybridized carbons (Fsp3) is 0.417. The molecule has 2 aromatic rings. The van der Waals surface area contributed by atoms with Crippen molar-refractivity contribution in [3.8, 4) is 0 Å². The highest BCUT2D eigenvalue weighted by atomic mass is 79.9. The minimum absolute atomic E-state index is 0.216. The maximum absolute atomic E-state index is 13.9. The summed E-state index contributed by atoms with van der Waals surface area (Å²) in [7, 11) is 0. The fourth-order valence-corrected chi connectivity index (χ4v) is 2.47. The predicted molar refractivity (Wildman–Crippen MR) is 65.1 cm³/mol. The topological polar surface area (TPSA) is 28.7 Å². The summed E-state index contributed by atoms with van der Waals surface area (Å²) >= 11 is 3.36. The summed E-state index contributed by atoms with van der Waals surface area (Å²) in [4.78, 5) is 7.61. The maximum Gasteiger partial charge on any atom is 0.155 e. The molecule has 0 radical (unpaired) electrons. The van der Waals surface area contributed by atoms with Gasteiger partial charge >= 0.3 is 0 Å². The molecule has 0 amide bonds. The van der Waals surface area contributed by atoms with Crippen molar-refractivity contribution in [3.05, 3.63) is 27.7 Å². The summed E-state index contributed by atoms with van der Waals surface area (Å²) in [6.45, 7) is 1.76. The first kappa shape index (κ1) is 10.3. The lowest BCUT2D eigenvalue weighted by molar-refractivity contribution is 0.404. The smallest absolute Gasteiger partial charge is 0.155 e. The van der Waals surface area contributed by atoms with Gasteiger partial charge in [0.15, 0.2) is 5.82 Å². The Balaban J connectivity index is 2.20. The molecule has 1 fully saturated rings. The van der Waals surface area contributed by atoms with Gasteiger partial charge < -0.3 is 4.98 Å². The van der Waals surface area contributed by atoms with Gasteiger partial charge in [-0.2, -0.15) is 0 Å². The summed E-state index contributed by atoms with van der Waals surface area (Å²) in [6, 6.07) is 1.91. The normalized spacial score (nSPS) is 16.7. The third-order valence-electron chi connectivity index (χ3n) is 3.41. The Morgan fingerprint density at radius 2 is 2.25 bits per heavy atom. The Labute approximate surface area is 101 Å². The monoisotopic (exact) mass is 282 g/mol. The second-order valence-electron chi connectivity index (χ2n) is 4.44. The molecule has 16 heavy (non-hydrogen) atoms. The largest absolute Gasteiger partial charge is 0.342 e. The number of imidazole rings is 1. The highest BCUT2D eigenvalue weighted by Crippen LogP contribution is 2.36. The molecule has 84 valence electrons. The molecule has 0 saturated heterocycles. The van der Waals surface area contributed by atoms with Gasteiger partial charge in [-0.25, -0.2) is 9.37 Å². The number of H-pyrrole nitrogens is 1. The summed E-state index contributed by atoms with van der Waals surface area (Å²) in [5.41, 5.74) is 1.89. The van der Waals surface area contributed by atoms with Crippen LogP contribution >= 0.6 is 15.9 Å². The summed E-state index contributed by atoms with van der Waals surface area (Å²) in [5, 5.41) is 0. The van der Waals surface area contributed by atoms with E-state index in [2.05, 4.69) is 25.9 Å². The lowest BCUT2D eigenvalue weighted by Gasteiger charge is -2.22. The predicted octanol–water partition coefficient (Wildman–Crippen LogP) is 4.04. The summed E-state index contributed by atoms with van der Waals surface area (Å²) < 4.78 is 14.7. The maximum atomic E-state index is 13.9. The van der Waals surface area contributed by atoms with Crippen molar-refractivity contribution in [2.75, 3.05) is 0 Å². The average Bonchev–Trinajstić information content (AvgIpc) is 2.55. The number of rotatable bonds is 1. The van der Waals surface area contributed by atoms with E-state index in [-0.39, 0.29) is 5.82 Å². The van der Waals surface area contributed by atoms with Crippen LogP contribution in [0.15, 0.2) is 10.5 Å². The molecule has 1 aromatic heterocycles. The van der Waals surface area contributed by atoms with Crippen molar-refractivity contribution in [3.63, 3.8) is 0 Å². The van der Waals surface area contributed by atoms with Crippen LogP contribution in [-0.4, -0.2) is 9.97 Å². The van der Waals surface area contributed by atoms with Gasteiger partial charge in [0.05, 0.1) is 5.52 Å². The molecule has 0 unspecified atom stereocenters. The Morgan fingerprint density at radius 1 is 1.50 bits per heavy atom. The van der Waals surface area contributed by atoms with E-state index in [0.717, 1.165) is 15.8 Å². The molecular formula is C12H12BrFN2. The lowest BCUT2D eigenvalue weighted by atomic mass is 9.85. The Bertz CT molecular complexity index is 558. The number of aromatic nitrogens is 2. The minimum Gasteiger partial charge on any atom is -0.342 e. The molecule has 2 nitrogen and oxygen atoms in total. The van der Waals surface area contributed by atoms with Gasteiger partial charge in [-0.05, 0) is 25.8 Å². The Morgan fingerprint density at radius 3 is 2.88 bits per heavy atom. The van der Waals surface area contributed by atoms with Gasteiger partial charge in [-0.15, -0.1) is 0 Å². The van der Waals surface area contributed by atoms with Crippen LogP contribution in [0.3, 0.4) is 0 Å². The van der Waals surface area contributed by atoms with E-state index in [0.29, 0.717) is 17.0 Å². The summed E-state index contributed by atoms with van der Waals surface area (Å²) in [5.74, 6) is 1.23. The van der Waals surface area contributed by atoms with Crippen molar-refractivity contribution in [1.29, 1.82) is 0 Å². The first-order valence-corrected chi connectivity index (χ1v) is 6.30. The van der Waals surface area contributed by atoms with Gasteiger partial charge in [0.2, 0.25) is 0 Å². The fourth-order valence-electron chi connectivity index (χ4n) is 2.07. The molecule has 3 rings (SSSR count). The van der Waals surface area contributed by atoms with Gasteiger partial charge in [-0.1, -0.05) is 22.4 Å². The second kappa shape index (κ2) is 3.55. The van der Waals surface area contributed by atoms with Crippen molar-refractivity contribution >= 4 is 27.0 Å². The molecule has 4 heteroatoms. The SMILES string of the molecule is Cc1c(Br)cc2[nH]c(C3CCC3)nc2c1F. The zero-order valence-electron chi connectivity index (χ0n) is 8.98. The Kier molecular flexibility index (Phi) is 2.28. The summed E-state index contributed by atoms with van der Waals surface area (Å²) in [6.07, 6.45) is 3.59. The van der Waals surface area contributed by atoms with Crippen molar-refractivity contribution in [1.82, 2.24) is 9.97 Å². The number of benzene rings is 1. The number of aromatic amines is 1. The third kappa shape index (κ3) is 1.39. The van der Waals surface area contributed by atoms with Crippen LogP contribution in [0, 0.1) is 12.7 Å². The Hall–Kier alpha value is -0.900. The first-order valence-electron chi connectivity index (χ1n) is 5.51. The zero-order chi connectivity index (χ0) is 11.3. The van der Waals surface area contributed by atoms with E-state index >= 15 is 0 Å². The highest BCUT2D eigenvalue weighted by Gasteiger charge is 2.23. The molecular weight excluding hydrogens is 271 g/mol. The number of fused-ring (bicyclic) bond motifs is 1. The van der Waals surface area contributed by atoms with Gasteiger partial charge in [0, 0.05) is 16.0 Å². The molecule has 1 saturated carbocycles. The van der Waals surface area contributed by atoms with E-state index in [9.17, 15) is 4.39 Å². The van der Waals surface area contributed by atoms with E-state index < -0.39 is 0 Å². The molecule has 0 bridgehead atoms. The molecule has 1 aromatic carbocycles. The van der Waals surface area contributed by atoms with Crippen molar-refractivity contribution in [2.24, 2.45) is 0 Å². The van der Waals surface area contributed by atoms with E-state index in [1.807, 2.05) is 6.07 Å². The van der Waals surface area contributed by atoms with E-state index in [1.54, 1.807) is 6.92 Å². The molecule has 1 aliphatic rings. The standard InChI is InChI=1S/C12H12BrFN2/c1-6-8(13)5-9-11(10(6)14)16-12(15-9)7-3-2-4-7/h5,7H,2-4H2,1H3,(H,15,16). The molecule has 1 N–H and O–H groups in total. The molecule has 0 aliphatic heterocycles. The lowest BCUT2D eigenvalue weighted by Crippen LogP contribution is -2.10. The van der Waals surface area contributed by atoms with E-state index in [4.69, 9.17) is 0 Å². The van der Waals surface area contributed by atoms with Crippen LogP contribution in [0.4, 0.5) is 4.39 Å². The molecule has 1 aliphatic carbocycles. The van der Waals surface area contributed by atoms with Crippen LogP contribution in [0.5, 0.6) is 0 Å². The second-order valence-corrected chi connectivity index (χ2v) is 5.30.